The van der Waals surface area contributed by atoms with Crippen LogP contribution >= 0.6 is 0 Å². The van der Waals surface area contributed by atoms with E-state index in [-0.39, 0.29) is 45.3 Å². The average molecular weight is 621 g/mol. The molecule has 234 valence electrons. The second-order valence-corrected chi connectivity index (χ2v) is 10.2. The maximum Gasteiger partial charge on any atom is 0.331 e. The molecule has 0 unspecified atom stereocenters. The molecule has 0 radical (unpaired) electrons. The summed E-state index contributed by atoms with van der Waals surface area (Å²) in [6, 6.07) is 13.2. The van der Waals surface area contributed by atoms with E-state index in [4.69, 9.17) is 23.4 Å². The Balaban J connectivity index is 1.46. The molecule has 45 heavy (non-hydrogen) atoms. The highest BCUT2D eigenvalue weighted by Gasteiger charge is 2.49. The predicted octanol–water partition coefficient (Wildman–Crippen LogP) is 3.32. The van der Waals surface area contributed by atoms with E-state index in [1.807, 2.05) is 0 Å². The first-order valence-electron chi connectivity index (χ1n) is 13.6. The number of hydrogen-bond acceptors (Lipinski definition) is 13. The number of carbonyl (C=O) groups excluding carboxylic acids is 2. The summed E-state index contributed by atoms with van der Waals surface area (Å²) in [7, 11) is 0. The van der Waals surface area contributed by atoms with Gasteiger partial charge in [-0.15, -0.1) is 0 Å². The van der Waals surface area contributed by atoms with Crippen molar-refractivity contribution in [3.05, 3.63) is 82.5 Å². The van der Waals surface area contributed by atoms with Crippen molar-refractivity contribution in [1.29, 1.82) is 0 Å². The van der Waals surface area contributed by atoms with Gasteiger partial charge in [-0.05, 0) is 48.9 Å². The average Bonchev–Trinajstić information content (AvgIpc) is 2.97. The van der Waals surface area contributed by atoms with E-state index in [0.29, 0.717) is 5.56 Å². The Hall–Kier alpha value is -5.53. The highest BCUT2D eigenvalue weighted by molar-refractivity contribution is 5.87. The van der Waals surface area contributed by atoms with Crippen LogP contribution in [0.4, 0.5) is 0 Å². The van der Waals surface area contributed by atoms with Gasteiger partial charge in [0.2, 0.25) is 12.4 Å². The topological polar surface area (TPSA) is 202 Å². The van der Waals surface area contributed by atoms with Crippen LogP contribution in [0.2, 0.25) is 0 Å². The van der Waals surface area contributed by atoms with E-state index in [0.717, 1.165) is 31.2 Å². The molecule has 0 bridgehead atoms. The van der Waals surface area contributed by atoms with Gasteiger partial charge in [-0.3, -0.25) is 9.59 Å². The molecule has 0 aliphatic carbocycles. The highest BCUT2D eigenvalue weighted by atomic mass is 16.7. The number of ether oxygens (including phenoxy) is 4. The molecule has 5 rings (SSSR count). The van der Waals surface area contributed by atoms with Crippen LogP contribution in [0.1, 0.15) is 19.4 Å². The Kier molecular flexibility index (Phi) is 8.66. The standard InChI is InChI=1S/C32H28O13/c1-15-29(40)30(42-16(2)33)31(45-27(39)10-5-17-3-7-19(34)8-4-17)32(41-15)44-25-11-18(6-9-21(25)36)24-14-23(38)28-22(37)12-20(35)13-26(28)43-24/h3-15,29-32,34-37,40H,1-2H3/b10-5+/t15-,29-,30+,31+,32-/m0/s1. The third kappa shape index (κ3) is 6.84. The zero-order valence-electron chi connectivity index (χ0n) is 23.8. The van der Waals surface area contributed by atoms with Crippen molar-refractivity contribution >= 4 is 29.0 Å². The molecule has 1 fully saturated rings. The van der Waals surface area contributed by atoms with Crippen LogP contribution in [0.3, 0.4) is 0 Å². The zero-order chi connectivity index (χ0) is 32.4. The lowest BCUT2D eigenvalue weighted by Crippen LogP contribution is -2.61. The number of rotatable bonds is 7. The zero-order valence-corrected chi connectivity index (χ0v) is 23.8. The van der Waals surface area contributed by atoms with E-state index in [1.165, 1.54) is 43.3 Å². The quantitative estimate of drug-likeness (QED) is 0.149. The fourth-order valence-corrected chi connectivity index (χ4v) is 4.74. The molecule has 5 N–H and O–H groups in total. The molecule has 1 aromatic heterocycles. The minimum absolute atomic E-state index is 0.00385. The second kappa shape index (κ2) is 12.6. The Labute approximate surface area is 254 Å². The van der Waals surface area contributed by atoms with Crippen LogP contribution in [-0.2, 0) is 23.8 Å². The molecule has 1 saturated heterocycles. The minimum Gasteiger partial charge on any atom is -0.508 e. The Morgan fingerprint density at radius 2 is 1.60 bits per heavy atom. The van der Waals surface area contributed by atoms with Gasteiger partial charge in [0, 0.05) is 36.8 Å². The van der Waals surface area contributed by atoms with E-state index in [1.54, 1.807) is 12.1 Å². The molecule has 0 spiro atoms. The number of phenolic OH excluding ortho intramolecular Hbond substituents is 4. The molecule has 2 heterocycles. The third-order valence-electron chi connectivity index (χ3n) is 6.90. The molecule has 1 aliphatic heterocycles. The van der Waals surface area contributed by atoms with Gasteiger partial charge >= 0.3 is 11.9 Å². The molecule has 4 aromatic rings. The second-order valence-electron chi connectivity index (χ2n) is 10.2. The first-order chi connectivity index (χ1) is 21.4. The summed E-state index contributed by atoms with van der Waals surface area (Å²) in [6.07, 6.45) is -4.38. The van der Waals surface area contributed by atoms with Crippen molar-refractivity contribution in [1.82, 2.24) is 0 Å². The van der Waals surface area contributed by atoms with Gasteiger partial charge in [0.15, 0.2) is 23.0 Å². The number of aromatic hydroxyl groups is 4. The normalized spacial score (nSPS) is 21.4. The fourth-order valence-electron chi connectivity index (χ4n) is 4.74. The monoisotopic (exact) mass is 620 g/mol. The first kappa shape index (κ1) is 30.9. The summed E-state index contributed by atoms with van der Waals surface area (Å²) in [5, 5.41) is 50.6. The van der Waals surface area contributed by atoms with Gasteiger partial charge in [-0.2, -0.15) is 0 Å². The van der Waals surface area contributed by atoms with E-state index in [9.17, 15) is 39.9 Å². The smallest absolute Gasteiger partial charge is 0.331 e. The maximum atomic E-state index is 12.8. The molecule has 0 amide bonds. The van der Waals surface area contributed by atoms with Gasteiger partial charge in [0.25, 0.3) is 0 Å². The molecule has 1 aliphatic rings. The van der Waals surface area contributed by atoms with Gasteiger partial charge in [-0.25, -0.2) is 4.79 Å². The molecular formula is C32H28O13. The Bertz CT molecular complexity index is 1830. The lowest BCUT2D eigenvalue weighted by Gasteiger charge is -2.42. The van der Waals surface area contributed by atoms with Crippen molar-refractivity contribution < 1.29 is 58.5 Å². The number of benzene rings is 3. The summed E-state index contributed by atoms with van der Waals surface area (Å²) < 4.78 is 28.3. The van der Waals surface area contributed by atoms with E-state index in [2.05, 4.69) is 0 Å². The number of esters is 2. The third-order valence-corrected chi connectivity index (χ3v) is 6.90. The number of carbonyl (C=O) groups is 2. The molecule has 3 aromatic carbocycles. The summed E-state index contributed by atoms with van der Waals surface area (Å²) in [5.74, 6) is -3.06. The van der Waals surface area contributed by atoms with Gasteiger partial charge in [0.1, 0.15) is 40.1 Å². The number of fused-ring (bicyclic) bond motifs is 1. The lowest BCUT2D eigenvalue weighted by molar-refractivity contribution is -0.276. The van der Waals surface area contributed by atoms with Gasteiger partial charge < -0.3 is 48.9 Å². The van der Waals surface area contributed by atoms with E-state index < -0.39 is 53.8 Å². The molecule has 13 nitrogen and oxygen atoms in total. The number of aliphatic hydroxyl groups is 1. The summed E-state index contributed by atoms with van der Waals surface area (Å²) in [5.41, 5.74) is 0.0976. The van der Waals surface area contributed by atoms with Crippen LogP contribution in [0, 0.1) is 0 Å². The largest absolute Gasteiger partial charge is 0.508 e. The number of aliphatic hydroxyl groups excluding tert-OH is 1. The van der Waals surface area contributed by atoms with Crippen molar-refractivity contribution in [2.75, 3.05) is 0 Å². The summed E-state index contributed by atoms with van der Waals surface area (Å²) >= 11 is 0. The van der Waals surface area contributed by atoms with Crippen molar-refractivity contribution in [3.63, 3.8) is 0 Å². The highest BCUT2D eigenvalue weighted by Crippen LogP contribution is 2.37. The van der Waals surface area contributed by atoms with E-state index >= 15 is 0 Å². The van der Waals surface area contributed by atoms with Crippen molar-refractivity contribution in [2.45, 2.75) is 44.6 Å². The minimum atomic E-state index is -1.52. The van der Waals surface area contributed by atoms with Crippen LogP contribution in [0.15, 0.2) is 76.0 Å². The maximum absolute atomic E-state index is 12.8. The number of phenols is 4. The molecule has 13 heteroatoms. The summed E-state index contributed by atoms with van der Waals surface area (Å²) in [4.78, 5) is 37.5. The summed E-state index contributed by atoms with van der Waals surface area (Å²) in [6.45, 7) is 2.59. The molecular weight excluding hydrogens is 592 g/mol. The van der Waals surface area contributed by atoms with Crippen LogP contribution in [0.5, 0.6) is 28.7 Å². The molecule has 5 atom stereocenters. The number of hydrogen-bond donors (Lipinski definition) is 5. The van der Waals surface area contributed by atoms with Crippen molar-refractivity contribution in [2.24, 2.45) is 0 Å². The van der Waals surface area contributed by atoms with Crippen LogP contribution in [0.25, 0.3) is 28.4 Å². The first-order valence-corrected chi connectivity index (χ1v) is 13.6. The van der Waals surface area contributed by atoms with Crippen LogP contribution in [-0.4, -0.2) is 68.2 Å². The Morgan fingerprint density at radius 1 is 0.867 bits per heavy atom. The van der Waals surface area contributed by atoms with Crippen LogP contribution < -0.4 is 10.2 Å². The van der Waals surface area contributed by atoms with Gasteiger partial charge in [-0.1, -0.05) is 12.1 Å². The Morgan fingerprint density at radius 3 is 2.31 bits per heavy atom. The fraction of sp³-hybridized carbons (Fsp3) is 0.219. The van der Waals surface area contributed by atoms with Gasteiger partial charge in [0.05, 0.1) is 6.10 Å². The SMILES string of the molecule is CC(=O)O[C@@H]1[C@@H](O)[C@H](C)O[C@@H](Oc2cc(-c3cc(=O)c4c(O)cc(O)cc4o3)ccc2O)[C@@H]1OC(=O)/C=C/c1ccc(O)cc1. The lowest BCUT2D eigenvalue weighted by atomic mass is 9.99. The van der Waals surface area contributed by atoms with Crippen molar-refractivity contribution in [3.8, 4) is 40.1 Å². The molecule has 0 saturated carbocycles. The predicted molar refractivity (Wildman–Crippen MR) is 156 cm³/mol.